The van der Waals surface area contributed by atoms with Gasteiger partial charge in [-0.15, -0.1) is 0 Å². The van der Waals surface area contributed by atoms with Crippen molar-refractivity contribution in [3.05, 3.63) is 21.7 Å². The van der Waals surface area contributed by atoms with Crippen molar-refractivity contribution in [3.8, 4) is 0 Å². The Morgan fingerprint density at radius 2 is 1.93 bits per heavy atom. The molecular weight excluding hydrogens is 206 g/mol. The van der Waals surface area contributed by atoms with Crippen molar-refractivity contribution in [2.75, 3.05) is 13.1 Å². The highest BCUT2D eigenvalue weighted by Gasteiger charge is 2.19. The van der Waals surface area contributed by atoms with Crippen LogP contribution in [0.15, 0.2) is 0 Å². The van der Waals surface area contributed by atoms with Gasteiger partial charge in [0.25, 0.3) is 0 Å². The van der Waals surface area contributed by atoms with Crippen LogP contribution in [0.4, 0.5) is 0 Å². The summed E-state index contributed by atoms with van der Waals surface area (Å²) in [6.07, 6.45) is 2.40. The highest BCUT2D eigenvalue weighted by atomic mass is 32.1. The van der Waals surface area contributed by atoms with Crippen molar-refractivity contribution in [2.45, 2.75) is 32.6 Å². The second-order valence-electron chi connectivity index (χ2n) is 4.19. The Kier molecular flexibility index (Phi) is 3.17. The van der Waals surface area contributed by atoms with E-state index in [1.807, 2.05) is 0 Å². The molecule has 0 aromatic carbocycles. The van der Waals surface area contributed by atoms with Crippen LogP contribution < -0.4 is 5.32 Å². The molecule has 1 aromatic heterocycles. The van der Waals surface area contributed by atoms with E-state index in [0.717, 1.165) is 18.8 Å². The summed E-state index contributed by atoms with van der Waals surface area (Å²) in [5, 5.41) is 3.38. The molecule has 0 unspecified atom stereocenters. The number of nitrogens with one attached hydrogen (secondary N) is 2. The van der Waals surface area contributed by atoms with Crippen LogP contribution >= 0.6 is 12.2 Å². The summed E-state index contributed by atoms with van der Waals surface area (Å²) in [7, 11) is 0. The molecule has 0 radical (unpaired) electrons. The molecule has 82 valence electrons. The van der Waals surface area contributed by atoms with Gasteiger partial charge in [0.15, 0.2) is 4.77 Å². The van der Waals surface area contributed by atoms with Crippen molar-refractivity contribution < 1.29 is 0 Å². The van der Waals surface area contributed by atoms with E-state index < -0.39 is 0 Å². The smallest absolute Gasteiger partial charge is 0.197 e. The summed E-state index contributed by atoms with van der Waals surface area (Å²) in [5.74, 6) is 0.644. The van der Waals surface area contributed by atoms with Crippen molar-refractivity contribution in [2.24, 2.45) is 0 Å². The first-order valence-electron chi connectivity index (χ1n) is 5.46. The molecule has 2 heterocycles. The molecule has 0 amide bonds. The minimum Gasteiger partial charge on any atom is -0.334 e. The van der Waals surface area contributed by atoms with Gasteiger partial charge in [0.1, 0.15) is 0 Å². The molecule has 3 nitrogen and oxygen atoms in total. The molecule has 1 aliphatic heterocycles. The first-order chi connectivity index (χ1) is 7.18. The van der Waals surface area contributed by atoms with Crippen LogP contribution in [0.5, 0.6) is 0 Å². The van der Waals surface area contributed by atoms with Gasteiger partial charge in [0, 0.05) is 11.4 Å². The fraction of sp³-hybridized carbons (Fsp3) is 0.636. The Balaban J connectivity index is 2.38. The fourth-order valence-electron chi connectivity index (χ4n) is 2.45. The molecule has 0 atom stereocenters. The molecule has 0 aliphatic carbocycles. The lowest BCUT2D eigenvalue weighted by molar-refractivity contribution is 0.455. The molecule has 0 saturated carbocycles. The number of aromatic amines is 1. The Labute approximate surface area is 95.3 Å². The summed E-state index contributed by atoms with van der Waals surface area (Å²) in [4.78, 5) is 7.51. The van der Waals surface area contributed by atoms with Crippen LogP contribution in [0.2, 0.25) is 0 Å². The van der Waals surface area contributed by atoms with E-state index in [2.05, 4.69) is 29.1 Å². The predicted octanol–water partition coefficient (Wildman–Crippen LogP) is 2.22. The molecule has 0 bridgehead atoms. The summed E-state index contributed by atoms with van der Waals surface area (Å²) < 4.78 is 0.600. The third-order valence-corrected chi connectivity index (χ3v) is 3.30. The average Bonchev–Trinajstić information content (AvgIpc) is 2.17. The average molecular weight is 223 g/mol. The predicted molar refractivity (Wildman–Crippen MR) is 63.7 cm³/mol. The van der Waals surface area contributed by atoms with E-state index in [1.165, 1.54) is 24.1 Å². The Hall–Kier alpha value is -0.740. The van der Waals surface area contributed by atoms with Gasteiger partial charge < -0.3 is 10.3 Å². The van der Waals surface area contributed by atoms with Gasteiger partial charge in [0.05, 0.1) is 0 Å². The second-order valence-corrected chi connectivity index (χ2v) is 4.58. The maximum Gasteiger partial charge on any atom is 0.197 e. The summed E-state index contributed by atoms with van der Waals surface area (Å²) in [6.45, 7) is 6.38. The van der Waals surface area contributed by atoms with Crippen molar-refractivity contribution in [1.82, 2.24) is 15.3 Å². The number of rotatable bonds is 1. The number of hydrogen-bond acceptors (Lipinski definition) is 3. The van der Waals surface area contributed by atoms with Gasteiger partial charge in [-0.3, -0.25) is 0 Å². The van der Waals surface area contributed by atoms with E-state index in [1.54, 1.807) is 0 Å². The minimum absolute atomic E-state index is 0.600. The maximum absolute atomic E-state index is 5.07. The largest absolute Gasteiger partial charge is 0.334 e. The minimum atomic E-state index is 0.600. The first-order valence-corrected chi connectivity index (χ1v) is 5.87. The normalized spacial score (nSPS) is 18.0. The van der Waals surface area contributed by atoms with Gasteiger partial charge in [0.2, 0.25) is 0 Å². The second kappa shape index (κ2) is 4.41. The third kappa shape index (κ3) is 2.26. The van der Waals surface area contributed by atoms with E-state index >= 15 is 0 Å². The Morgan fingerprint density at radius 3 is 2.53 bits per heavy atom. The van der Waals surface area contributed by atoms with Crippen molar-refractivity contribution in [3.63, 3.8) is 0 Å². The number of aryl methyl sites for hydroxylation is 2. The summed E-state index contributed by atoms with van der Waals surface area (Å²) in [6, 6.07) is 0. The van der Waals surface area contributed by atoms with E-state index in [9.17, 15) is 0 Å². The molecule has 1 aliphatic rings. The molecular formula is C11H17N3S. The number of hydrogen-bond donors (Lipinski definition) is 2. The van der Waals surface area contributed by atoms with Crippen molar-refractivity contribution in [1.29, 1.82) is 0 Å². The van der Waals surface area contributed by atoms with Crippen LogP contribution in [0, 0.1) is 18.6 Å². The van der Waals surface area contributed by atoms with Crippen molar-refractivity contribution >= 4 is 12.2 Å². The monoisotopic (exact) mass is 223 g/mol. The number of piperidine rings is 1. The molecule has 0 spiro atoms. The lowest BCUT2D eigenvalue weighted by Gasteiger charge is -2.25. The zero-order valence-corrected chi connectivity index (χ0v) is 10.1. The number of nitrogens with zero attached hydrogens (tertiary/aromatic N) is 1. The summed E-state index contributed by atoms with van der Waals surface area (Å²) in [5.41, 5.74) is 3.67. The van der Waals surface area contributed by atoms with Crippen LogP contribution in [0.25, 0.3) is 0 Å². The summed E-state index contributed by atoms with van der Waals surface area (Å²) >= 11 is 5.07. The van der Waals surface area contributed by atoms with Gasteiger partial charge in [-0.25, -0.2) is 4.98 Å². The zero-order valence-electron chi connectivity index (χ0n) is 9.26. The van der Waals surface area contributed by atoms with E-state index in [4.69, 9.17) is 12.2 Å². The van der Waals surface area contributed by atoms with E-state index in [-0.39, 0.29) is 0 Å². The molecule has 1 saturated heterocycles. The maximum atomic E-state index is 5.07. The Bertz CT molecular complexity index is 379. The fourth-order valence-corrected chi connectivity index (χ4v) is 2.74. The highest BCUT2D eigenvalue weighted by Crippen LogP contribution is 2.28. The van der Waals surface area contributed by atoms with Crippen LogP contribution in [0.3, 0.4) is 0 Å². The molecule has 1 fully saturated rings. The van der Waals surface area contributed by atoms with Gasteiger partial charge in [-0.05, 0) is 63.5 Å². The molecule has 4 heteroatoms. The van der Waals surface area contributed by atoms with Crippen LogP contribution in [-0.4, -0.2) is 23.1 Å². The first kappa shape index (κ1) is 10.8. The number of aromatic nitrogens is 2. The lowest BCUT2D eigenvalue weighted by Crippen LogP contribution is -2.27. The highest BCUT2D eigenvalue weighted by molar-refractivity contribution is 7.71. The molecule has 2 rings (SSSR count). The molecule has 1 aromatic rings. The zero-order chi connectivity index (χ0) is 10.8. The van der Waals surface area contributed by atoms with Gasteiger partial charge >= 0.3 is 0 Å². The SMILES string of the molecule is Cc1nc(=S)[nH]c(C)c1C1CCNCC1. The lowest BCUT2D eigenvalue weighted by atomic mass is 9.88. The third-order valence-electron chi connectivity index (χ3n) is 3.10. The van der Waals surface area contributed by atoms with Crippen LogP contribution in [-0.2, 0) is 0 Å². The van der Waals surface area contributed by atoms with Gasteiger partial charge in [-0.2, -0.15) is 0 Å². The van der Waals surface area contributed by atoms with Crippen LogP contribution in [0.1, 0.15) is 35.7 Å². The topological polar surface area (TPSA) is 40.7 Å². The molecule has 2 N–H and O–H groups in total. The molecule has 15 heavy (non-hydrogen) atoms. The Morgan fingerprint density at radius 1 is 1.27 bits per heavy atom. The standard InChI is InChI=1S/C11H17N3S/c1-7-10(8(2)14-11(15)13-7)9-3-5-12-6-4-9/h9,12H,3-6H2,1-2H3,(H,13,14,15). The van der Waals surface area contributed by atoms with E-state index in [0.29, 0.717) is 10.7 Å². The quantitative estimate of drug-likeness (QED) is 0.717. The number of H-pyrrole nitrogens is 1. The van der Waals surface area contributed by atoms with Gasteiger partial charge in [-0.1, -0.05) is 0 Å².